The van der Waals surface area contributed by atoms with Crippen LogP contribution >= 0.6 is 0 Å². The van der Waals surface area contributed by atoms with Crippen LogP contribution in [-0.4, -0.2) is 59.7 Å². The van der Waals surface area contributed by atoms with Gasteiger partial charge in [-0.1, -0.05) is 24.3 Å². The Hall–Kier alpha value is -3.73. The fourth-order valence-corrected chi connectivity index (χ4v) is 3.61. The number of esters is 1. The smallest absolute Gasteiger partial charge is 0.306 e. The highest BCUT2D eigenvalue weighted by Crippen LogP contribution is 2.30. The highest BCUT2D eigenvalue weighted by Gasteiger charge is 2.32. The minimum atomic E-state index is -0.973. The molecular formula is C23H23N3O5. The maximum Gasteiger partial charge on any atom is 0.306 e. The molecule has 0 N–H and O–H groups in total. The molecule has 0 saturated carbocycles. The Morgan fingerprint density at radius 2 is 1.74 bits per heavy atom. The van der Waals surface area contributed by atoms with E-state index in [1.54, 1.807) is 24.3 Å². The van der Waals surface area contributed by atoms with Gasteiger partial charge in [-0.3, -0.25) is 24.1 Å². The summed E-state index contributed by atoms with van der Waals surface area (Å²) in [7, 11) is 1.54. The number of carbonyl (C=O) groups excluding carboxylic acids is 4. The minimum Gasteiger partial charge on any atom is -0.453 e. The number of likely N-dealkylation sites (N-methyl/N-ethyl adjacent to an activating group) is 1. The summed E-state index contributed by atoms with van der Waals surface area (Å²) in [6.45, 7) is 1.80. The first-order valence-electron chi connectivity index (χ1n) is 10.0. The Morgan fingerprint density at radius 3 is 2.32 bits per heavy atom. The Kier molecular flexibility index (Phi) is 6.65. The molecule has 8 heteroatoms. The number of ether oxygens (including phenoxy) is 1. The van der Waals surface area contributed by atoms with Crippen LogP contribution in [0, 0.1) is 11.3 Å². The first-order chi connectivity index (χ1) is 14.8. The van der Waals surface area contributed by atoms with E-state index in [2.05, 4.69) is 0 Å². The van der Waals surface area contributed by atoms with Gasteiger partial charge in [0.2, 0.25) is 0 Å². The Labute approximate surface area is 180 Å². The van der Waals surface area contributed by atoms with E-state index >= 15 is 0 Å². The zero-order valence-corrected chi connectivity index (χ0v) is 17.5. The molecule has 31 heavy (non-hydrogen) atoms. The van der Waals surface area contributed by atoms with Gasteiger partial charge in [0.15, 0.2) is 6.10 Å². The molecule has 0 bridgehead atoms. The van der Waals surface area contributed by atoms with Crippen molar-refractivity contribution in [3.63, 3.8) is 0 Å². The fourth-order valence-electron chi connectivity index (χ4n) is 3.61. The van der Waals surface area contributed by atoms with Gasteiger partial charge < -0.3 is 9.64 Å². The number of carbonyl (C=O) groups is 4. The van der Waals surface area contributed by atoms with Crippen molar-refractivity contribution in [2.75, 3.05) is 20.1 Å². The van der Waals surface area contributed by atoms with Crippen LogP contribution in [0.3, 0.4) is 0 Å². The number of hydrogen-bond donors (Lipinski definition) is 0. The molecule has 1 heterocycles. The summed E-state index contributed by atoms with van der Waals surface area (Å²) >= 11 is 0. The highest BCUT2D eigenvalue weighted by molar-refractivity contribution is 6.25. The SMILES string of the molecule is C[C@H](OC(=O)CCCN1C(=O)c2cccc3cccc(c23)C1=O)C(=O)N(C)CCC#N. The van der Waals surface area contributed by atoms with Crippen molar-refractivity contribution >= 4 is 34.5 Å². The Balaban J connectivity index is 1.57. The average Bonchev–Trinajstić information content (AvgIpc) is 2.77. The molecule has 1 atom stereocenters. The molecule has 0 spiro atoms. The van der Waals surface area contributed by atoms with Crippen LogP contribution in [0.25, 0.3) is 10.8 Å². The van der Waals surface area contributed by atoms with Gasteiger partial charge in [0.1, 0.15) is 0 Å². The number of hydrogen-bond acceptors (Lipinski definition) is 6. The second-order valence-corrected chi connectivity index (χ2v) is 7.37. The van der Waals surface area contributed by atoms with Gasteiger partial charge in [0, 0.05) is 43.1 Å². The largest absolute Gasteiger partial charge is 0.453 e. The third-order valence-electron chi connectivity index (χ3n) is 5.21. The molecular weight excluding hydrogens is 398 g/mol. The predicted octanol–water partition coefficient (Wildman–Crippen LogP) is 2.52. The van der Waals surface area contributed by atoms with E-state index in [0.29, 0.717) is 16.5 Å². The van der Waals surface area contributed by atoms with Crippen LogP contribution in [0.4, 0.5) is 0 Å². The molecule has 0 fully saturated rings. The van der Waals surface area contributed by atoms with Crippen LogP contribution in [0.2, 0.25) is 0 Å². The molecule has 0 saturated heterocycles. The molecule has 0 aliphatic carbocycles. The van der Waals surface area contributed by atoms with E-state index in [0.717, 1.165) is 10.3 Å². The van der Waals surface area contributed by atoms with Crippen LogP contribution in [0.5, 0.6) is 0 Å². The Bertz CT molecular complexity index is 1040. The predicted molar refractivity (Wildman–Crippen MR) is 112 cm³/mol. The zero-order chi connectivity index (χ0) is 22.5. The van der Waals surface area contributed by atoms with Crippen molar-refractivity contribution in [2.45, 2.75) is 32.3 Å². The number of imide groups is 1. The van der Waals surface area contributed by atoms with Gasteiger partial charge >= 0.3 is 5.97 Å². The highest BCUT2D eigenvalue weighted by atomic mass is 16.5. The quantitative estimate of drug-likeness (QED) is 0.479. The lowest BCUT2D eigenvalue weighted by Gasteiger charge is -2.27. The van der Waals surface area contributed by atoms with E-state index in [4.69, 9.17) is 10.00 Å². The van der Waals surface area contributed by atoms with E-state index in [-0.39, 0.29) is 44.2 Å². The van der Waals surface area contributed by atoms with Gasteiger partial charge in [-0.2, -0.15) is 5.26 Å². The normalized spacial score (nSPS) is 13.6. The lowest BCUT2D eigenvalue weighted by atomic mass is 9.94. The van der Waals surface area contributed by atoms with Crippen LogP contribution in [0.1, 0.15) is 46.9 Å². The van der Waals surface area contributed by atoms with Gasteiger partial charge in [0.25, 0.3) is 17.7 Å². The van der Waals surface area contributed by atoms with E-state index in [9.17, 15) is 19.2 Å². The van der Waals surface area contributed by atoms with Gasteiger partial charge in [-0.25, -0.2) is 0 Å². The van der Waals surface area contributed by atoms with Crippen molar-refractivity contribution in [2.24, 2.45) is 0 Å². The topological polar surface area (TPSA) is 108 Å². The molecule has 2 aromatic rings. The number of amides is 3. The average molecular weight is 421 g/mol. The molecule has 8 nitrogen and oxygen atoms in total. The maximum absolute atomic E-state index is 12.8. The molecule has 3 amide bonds. The fraction of sp³-hybridized carbons (Fsp3) is 0.348. The molecule has 0 radical (unpaired) electrons. The van der Waals surface area contributed by atoms with Crippen molar-refractivity contribution in [3.05, 3.63) is 47.5 Å². The third kappa shape index (κ3) is 4.56. The molecule has 0 aromatic heterocycles. The minimum absolute atomic E-state index is 0.0392. The second kappa shape index (κ2) is 9.39. The van der Waals surface area contributed by atoms with E-state index in [1.165, 1.54) is 18.9 Å². The van der Waals surface area contributed by atoms with E-state index in [1.807, 2.05) is 18.2 Å². The molecule has 160 valence electrons. The summed E-state index contributed by atoms with van der Waals surface area (Å²) in [5.41, 5.74) is 0.935. The van der Waals surface area contributed by atoms with Gasteiger partial charge in [0.05, 0.1) is 12.5 Å². The molecule has 3 rings (SSSR count). The van der Waals surface area contributed by atoms with E-state index < -0.39 is 18.0 Å². The third-order valence-corrected chi connectivity index (χ3v) is 5.21. The van der Waals surface area contributed by atoms with Gasteiger partial charge in [-0.05, 0) is 30.9 Å². The number of rotatable bonds is 8. The summed E-state index contributed by atoms with van der Waals surface area (Å²) < 4.78 is 5.16. The standard InChI is InChI=1S/C23H23N3O5/c1-15(21(28)25(2)13-6-12-24)31-19(27)11-5-14-26-22(29)17-9-3-7-16-8-4-10-18(20(16)17)23(26)30/h3-4,7-10,15H,5-6,11,13-14H2,1-2H3/t15-/m0/s1. The summed E-state index contributed by atoms with van der Waals surface area (Å²) in [5.74, 6) is -1.75. The summed E-state index contributed by atoms with van der Waals surface area (Å²) in [4.78, 5) is 52.4. The summed E-state index contributed by atoms with van der Waals surface area (Å²) in [6.07, 6.45) is -0.598. The maximum atomic E-state index is 12.8. The molecule has 1 aliphatic heterocycles. The van der Waals surface area contributed by atoms with Crippen molar-refractivity contribution in [1.29, 1.82) is 5.26 Å². The first kappa shape index (κ1) is 22.0. The number of benzene rings is 2. The second-order valence-electron chi connectivity index (χ2n) is 7.37. The Morgan fingerprint density at radius 1 is 1.13 bits per heavy atom. The van der Waals surface area contributed by atoms with Crippen LogP contribution < -0.4 is 0 Å². The lowest BCUT2D eigenvalue weighted by Crippen LogP contribution is -2.41. The monoisotopic (exact) mass is 421 g/mol. The molecule has 0 unspecified atom stereocenters. The summed E-state index contributed by atoms with van der Waals surface area (Å²) in [6, 6.07) is 12.6. The summed E-state index contributed by atoms with van der Waals surface area (Å²) in [5, 5.41) is 10.1. The van der Waals surface area contributed by atoms with Gasteiger partial charge in [-0.15, -0.1) is 0 Å². The number of nitriles is 1. The van der Waals surface area contributed by atoms with Crippen molar-refractivity contribution in [1.82, 2.24) is 9.80 Å². The first-order valence-corrected chi connectivity index (χ1v) is 10.0. The lowest BCUT2D eigenvalue weighted by molar-refractivity contribution is -0.158. The molecule has 1 aliphatic rings. The zero-order valence-electron chi connectivity index (χ0n) is 17.5. The van der Waals surface area contributed by atoms with Crippen LogP contribution in [-0.2, 0) is 14.3 Å². The number of nitrogens with zero attached hydrogens (tertiary/aromatic N) is 3. The van der Waals surface area contributed by atoms with Crippen molar-refractivity contribution in [3.8, 4) is 6.07 Å². The van der Waals surface area contributed by atoms with Crippen LogP contribution in [0.15, 0.2) is 36.4 Å². The molecule has 2 aromatic carbocycles. The van der Waals surface area contributed by atoms with Crippen molar-refractivity contribution < 1.29 is 23.9 Å².